The Morgan fingerprint density at radius 3 is 2.91 bits per heavy atom. The van der Waals surface area contributed by atoms with Gasteiger partial charge in [-0.2, -0.15) is 5.26 Å². The maximum Gasteiger partial charge on any atom is 0.180 e. The van der Waals surface area contributed by atoms with Crippen LogP contribution >= 0.6 is 23.1 Å². The molecule has 4 rings (SSSR count). The number of aromatic nitrogens is 5. The molecule has 11 nitrogen and oxygen atoms in total. The predicted molar refractivity (Wildman–Crippen MR) is 120 cm³/mol. The van der Waals surface area contributed by atoms with Gasteiger partial charge in [0, 0.05) is 29.1 Å². The van der Waals surface area contributed by atoms with E-state index in [0.29, 0.717) is 27.0 Å². The minimum atomic E-state index is -1.16. The van der Waals surface area contributed by atoms with Gasteiger partial charge < -0.3 is 25.4 Å². The first-order valence-electron chi connectivity index (χ1n) is 9.62. The molecule has 5 atom stereocenters. The van der Waals surface area contributed by atoms with E-state index in [0.717, 1.165) is 0 Å². The number of methoxy groups -OCH3 is 1. The van der Waals surface area contributed by atoms with E-state index in [-0.39, 0.29) is 5.69 Å². The zero-order valence-corrected chi connectivity index (χ0v) is 18.9. The van der Waals surface area contributed by atoms with Gasteiger partial charge in [-0.3, -0.25) is 0 Å². The molecule has 0 bridgehead atoms. The largest absolute Gasteiger partial charge is 0.394 e. The summed E-state index contributed by atoms with van der Waals surface area (Å²) in [5, 5.41) is 40.7. The molecular formula is C20H19N7O4S2. The first-order chi connectivity index (χ1) is 16.0. The Kier molecular flexibility index (Phi) is 6.90. The van der Waals surface area contributed by atoms with Gasteiger partial charge in [0.05, 0.1) is 12.8 Å². The number of aliphatic hydroxyl groups excluding tert-OH is 2. The van der Waals surface area contributed by atoms with Gasteiger partial charge in [0.1, 0.15) is 47.2 Å². The Hall–Kier alpha value is -3.04. The number of hydrogen-bond donors (Lipinski definition) is 3. The van der Waals surface area contributed by atoms with Gasteiger partial charge in [-0.15, -0.1) is 22.9 Å². The smallest absolute Gasteiger partial charge is 0.180 e. The second-order valence-electron chi connectivity index (χ2n) is 7.01. The van der Waals surface area contributed by atoms with Crippen molar-refractivity contribution >= 4 is 28.2 Å². The average Bonchev–Trinajstić information content (AvgIpc) is 3.48. The number of rotatable bonds is 6. The summed E-state index contributed by atoms with van der Waals surface area (Å²) in [6.07, 6.45) is 5.71. The third-order valence-corrected chi connectivity index (χ3v) is 6.92. The lowest BCUT2D eigenvalue weighted by atomic mass is 9.97. The van der Waals surface area contributed by atoms with Crippen molar-refractivity contribution in [1.82, 2.24) is 25.0 Å². The lowest BCUT2D eigenvalue weighted by Gasteiger charge is -2.43. The van der Waals surface area contributed by atoms with Gasteiger partial charge in [0.25, 0.3) is 0 Å². The Bertz CT molecular complexity index is 1220. The van der Waals surface area contributed by atoms with Crippen molar-refractivity contribution in [2.24, 2.45) is 0 Å². The zero-order chi connectivity index (χ0) is 23.5. The molecule has 4 heterocycles. The van der Waals surface area contributed by atoms with Crippen LogP contribution in [-0.4, -0.2) is 72.6 Å². The van der Waals surface area contributed by atoms with E-state index in [2.05, 4.69) is 26.2 Å². The summed E-state index contributed by atoms with van der Waals surface area (Å²) < 4.78 is 13.1. The molecule has 1 aliphatic rings. The highest BCUT2D eigenvalue weighted by atomic mass is 32.2. The highest BCUT2D eigenvalue weighted by Crippen LogP contribution is 2.40. The van der Waals surface area contributed by atoms with Crippen LogP contribution in [0.2, 0.25) is 0 Å². The summed E-state index contributed by atoms with van der Waals surface area (Å²) in [7, 11) is 1.47. The lowest BCUT2D eigenvalue weighted by molar-refractivity contribution is -0.186. The van der Waals surface area contributed by atoms with Crippen LogP contribution in [0.25, 0.3) is 11.4 Å². The lowest BCUT2D eigenvalue weighted by Crippen LogP contribution is -2.55. The van der Waals surface area contributed by atoms with Crippen molar-refractivity contribution in [3.8, 4) is 29.8 Å². The molecule has 0 radical (unpaired) electrons. The summed E-state index contributed by atoms with van der Waals surface area (Å²) >= 11 is 2.44. The molecular weight excluding hydrogens is 466 g/mol. The number of nitrogens with two attached hydrogens (primary N) is 1. The van der Waals surface area contributed by atoms with E-state index in [1.54, 1.807) is 17.6 Å². The Morgan fingerprint density at radius 1 is 1.45 bits per heavy atom. The average molecular weight is 486 g/mol. The van der Waals surface area contributed by atoms with Crippen LogP contribution in [-0.2, 0) is 9.47 Å². The van der Waals surface area contributed by atoms with Crippen molar-refractivity contribution in [1.29, 1.82) is 5.26 Å². The molecule has 1 aliphatic heterocycles. The number of thioether (sulfide) groups is 1. The molecule has 1 fully saturated rings. The molecule has 0 amide bonds. The van der Waals surface area contributed by atoms with Gasteiger partial charge in [-0.1, -0.05) is 22.9 Å². The number of terminal acetylenes is 1. The predicted octanol–water partition coefficient (Wildman–Crippen LogP) is 0.658. The number of anilines is 1. The molecule has 0 aliphatic carbocycles. The molecule has 0 spiro atoms. The fourth-order valence-electron chi connectivity index (χ4n) is 3.48. The van der Waals surface area contributed by atoms with Crippen molar-refractivity contribution < 1.29 is 19.7 Å². The fraction of sp³-hybridized carbons (Fsp3) is 0.350. The van der Waals surface area contributed by atoms with Crippen LogP contribution in [0, 0.1) is 23.7 Å². The molecule has 3 aromatic heterocycles. The summed E-state index contributed by atoms with van der Waals surface area (Å²) in [6.45, 7) is -0.441. The van der Waals surface area contributed by atoms with Crippen molar-refractivity contribution in [3.05, 3.63) is 35.1 Å². The standard InChI is InChI=1S/C20H19N7O4S2/c1-3-10-4-15(11(5-21)23-6-10)33-19-18(30-2)16(17(29)14(8-28)31-19)27-7-12(25-26-27)13-9-32-20(22)24-13/h1,4,6-7,9,14,16-19,28-29H,8H2,2H3,(H2,22,24)/t14?,16?,17-,18?,19+/m0/s1. The van der Waals surface area contributed by atoms with E-state index >= 15 is 0 Å². The third kappa shape index (κ3) is 4.56. The second-order valence-corrected chi connectivity index (χ2v) is 9.04. The van der Waals surface area contributed by atoms with E-state index in [4.69, 9.17) is 21.6 Å². The number of pyridine rings is 1. The monoisotopic (exact) mass is 485 g/mol. The molecule has 3 aromatic rings. The molecule has 1 saturated heterocycles. The quantitative estimate of drug-likeness (QED) is 0.420. The minimum Gasteiger partial charge on any atom is -0.394 e. The first-order valence-corrected chi connectivity index (χ1v) is 11.4. The number of nitrogen functional groups attached to an aromatic ring is 1. The SMILES string of the molecule is C#Cc1cnc(C#N)c(S[C@H]2OC(CO)[C@H](O)C(n3cc(-c4csc(N)n4)nn3)C2OC)c1. The normalized spacial score (nSPS) is 24.8. The fourth-order valence-corrected chi connectivity index (χ4v) is 5.29. The Labute approximate surface area is 197 Å². The number of thiazole rings is 1. The zero-order valence-electron chi connectivity index (χ0n) is 17.3. The van der Waals surface area contributed by atoms with E-state index in [1.807, 2.05) is 6.07 Å². The van der Waals surface area contributed by atoms with Crippen molar-refractivity contribution in [3.63, 3.8) is 0 Å². The molecule has 33 heavy (non-hydrogen) atoms. The Balaban J connectivity index is 1.69. The topological polar surface area (TPSA) is 165 Å². The van der Waals surface area contributed by atoms with Gasteiger partial charge in [0.15, 0.2) is 10.8 Å². The third-order valence-electron chi connectivity index (χ3n) is 5.07. The number of nitriles is 1. The Morgan fingerprint density at radius 2 is 2.27 bits per heavy atom. The second kappa shape index (κ2) is 9.84. The minimum absolute atomic E-state index is 0.171. The van der Waals surface area contributed by atoms with Crippen LogP contribution in [0.15, 0.2) is 28.7 Å². The van der Waals surface area contributed by atoms with Crippen LogP contribution in [0.1, 0.15) is 17.3 Å². The van der Waals surface area contributed by atoms with Crippen LogP contribution in [0.5, 0.6) is 0 Å². The number of aliphatic hydroxyl groups is 2. The van der Waals surface area contributed by atoms with Crippen LogP contribution in [0.3, 0.4) is 0 Å². The highest BCUT2D eigenvalue weighted by Gasteiger charge is 2.47. The molecule has 0 saturated carbocycles. The van der Waals surface area contributed by atoms with E-state index < -0.39 is 36.4 Å². The molecule has 13 heteroatoms. The van der Waals surface area contributed by atoms with Crippen molar-refractivity contribution in [2.75, 3.05) is 19.5 Å². The molecule has 170 valence electrons. The van der Waals surface area contributed by atoms with Crippen molar-refractivity contribution in [2.45, 2.75) is 34.7 Å². The summed E-state index contributed by atoms with van der Waals surface area (Å²) in [6, 6.07) is 2.92. The molecule has 0 aromatic carbocycles. The first kappa shape index (κ1) is 23.1. The number of hydrogen-bond acceptors (Lipinski definition) is 12. The highest BCUT2D eigenvalue weighted by molar-refractivity contribution is 7.99. The maximum absolute atomic E-state index is 10.9. The van der Waals surface area contributed by atoms with Crippen LogP contribution < -0.4 is 5.73 Å². The van der Waals surface area contributed by atoms with Gasteiger partial charge in [0.2, 0.25) is 0 Å². The van der Waals surface area contributed by atoms with Gasteiger partial charge >= 0.3 is 0 Å². The number of ether oxygens (including phenoxy) is 2. The maximum atomic E-state index is 10.9. The number of nitrogens with zero attached hydrogens (tertiary/aromatic N) is 6. The summed E-state index contributed by atoms with van der Waals surface area (Å²) in [5.41, 5.74) is 6.67. The molecule has 3 unspecified atom stereocenters. The van der Waals surface area contributed by atoms with Gasteiger partial charge in [-0.25, -0.2) is 14.6 Å². The molecule has 4 N–H and O–H groups in total. The summed E-state index contributed by atoms with van der Waals surface area (Å²) in [5.74, 6) is 2.49. The van der Waals surface area contributed by atoms with Gasteiger partial charge in [-0.05, 0) is 6.07 Å². The van der Waals surface area contributed by atoms with E-state index in [9.17, 15) is 15.5 Å². The summed E-state index contributed by atoms with van der Waals surface area (Å²) in [4.78, 5) is 8.78. The van der Waals surface area contributed by atoms with E-state index in [1.165, 1.54) is 41.1 Å². The van der Waals surface area contributed by atoms with Crippen LogP contribution in [0.4, 0.5) is 5.13 Å².